The van der Waals surface area contributed by atoms with Gasteiger partial charge in [-0.15, -0.1) is 0 Å². The average molecular weight is 328 g/mol. The topological polar surface area (TPSA) is 169 Å². The maximum absolute atomic E-state index is 10.3. The Morgan fingerprint density at radius 2 is 1.22 bits per heavy atom. The van der Waals surface area contributed by atoms with Crippen molar-refractivity contribution >= 4 is 23.9 Å². The van der Waals surface area contributed by atoms with E-state index in [2.05, 4.69) is 0 Å². The molecule has 0 atom stereocenters. The lowest BCUT2D eigenvalue weighted by atomic mass is 9.96. The molecule has 0 aliphatic rings. The van der Waals surface area contributed by atoms with Crippen molar-refractivity contribution in [2.75, 3.05) is 0 Å². The molecule has 0 aliphatic heterocycles. The van der Waals surface area contributed by atoms with E-state index >= 15 is 0 Å². The average Bonchev–Trinajstić information content (AvgIpc) is 2.37. The summed E-state index contributed by atoms with van der Waals surface area (Å²) >= 11 is 0. The minimum Gasteiger partial charge on any atom is -0.481 e. The van der Waals surface area contributed by atoms with Crippen LogP contribution in [-0.4, -0.2) is 55.0 Å². The van der Waals surface area contributed by atoms with E-state index < -0.39 is 42.3 Å². The molecule has 9 heteroatoms. The van der Waals surface area contributed by atoms with Crippen LogP contribution in [0.25, 0.3) is 0 Å². The molecule has 9 nitrogen and oxygen atoms in total. The molecule has 0 spiro atoms. The molecule has 1 rings (SSSR count). The van der Waals surface area contributed by atoms with Gasteiger partial charge in [-0.3, -0.25) is 14.4 Å². The van der Waals surface area contributed by atoms with Crippen LogP contribution in [0.5, 0.6) is 0 Å². The summed E-state index contributed by atoms with van der Waals surface area (Å²) in [7, 11) is 0. The number of carboxylic acids is 4. The van der Waals surface area contributed by atoms with Gasteiger partial charge < -0.3 is 25.5 Å². The van der Waals surface area contributed by atoms with Crippen molar-refractivity contribution in [3.63, 3.8) is 0 Å². The molecule has 0 aromatic heterocycles. The van der Waals surface area contributed by atoms with Gasteiger partial charge in [-0.1, -0.05) is 30.3 Å². The largest absolute Gasteiger partial charge is 0.481 e. The van der Waals surface area contributed by atoms with Crippen LogP contribution >= 0.6 is 0 Å². The second-order valence-corrected chi connectivity index (χ2v) is 4.53. The Labute approximate surface area is 130 Å². The summed E-state index contributed by atoms with van der Waals surface area (Å²) in [4.78, 5) is 40.7. The number of benzene rings is 1. The van der Waals surface area contributed by atoms with Crippen molar-refractivity contribution in [1.29, 1.82) is 0 Å². The SMILES string of the molecule is O=C(O)CC(O)(CC(=O)O)C(=O)O.O=C(O)Cc1ccccc1. The third-order valence-corrected chi connectivity index (χ3v) is 2.48. The van der Waals surface area contributed by atoms with Crippen LogP contribution in [0.3, 0.4) is 0 Å². The molecular formula is C14H16O9. The van der Waals surface area contributed by atoms with Crippen molar-refractivity contribution in [3.05, 3.63) is 35.9 Å². The van der Waals surface area contributed by atoms with Crippen molar-refractivity contribution in [2.45, 2.75) is 24.9 Å². The van der Waals surface area contributed by atoms with E-state index in [9.17, 15) is 19.2 Å². The highest BCUT2D eigenvalue weighted by Crippen LogP contribution is 2.15. The van der Waals surface area contributed by atoms with Gasteiger partial charge in [0.1, 0.15) is 0 Å². The first-order valence-electron chi connectivity index (χ1n) is 6.22. The lowest BCUT2D eigenvalue weighted by Gasteiger charge is -2.18. The lowest BCUT2D eigenvalue weighted by molar-refractivity contribution is -0.170. The van der Waals surface area contributed by atoms with Gasteiger partial charge in [-0.2, -0.15) is 0 Å². The molecule has 0 bridgehead atoms. The van der Waals surface area contributed by atoms with E-state index in [1.54, 1.807) is 12.1 Å². The van der Waals surface area contributed by atoms with Crippen molar-refractivity contribution in [3.8, 4) is 0 Å². The van der Waals surface area contributed by atoms with Crippen molar-refractivity contribution < 1.29 is 44.7 Å². The fourth-order valence-electron chi connectivity index (χ4n) is 1.48. The normalized spacial score (nSPS) is 10.1. The molecule has 23 heavy (non-hydrogen) atoms. The van der Waals surface area contributed by atoms with Crippen LogP contribution in [0.2, 0.25) is 0 Å². The van der Waals surface area contributed by atoms with E-state index in [1.807, 2.05) is 18.2 Å². The lowest BCUT2D eigenvalue weighted by Crippen LogP contribution is -2.42. The predicted octanol–water partition coefficient (Wildman–Crippen LogP) is 0.0652. The van der Waals surface area contributed by atoms with Gasteiger partial charge in [0, 0.05) is 0 Å². The number of rotatable bonds is 7. The maximum Gasteiger partial charge on any atom is 0.336 e. The van der Waals surface area contributed by atoms with Crippen molar-refractivity contribution in [1.82, 2.24) is 0 Å². The fraction of sp³-hybridized carbons (Fsp3) is 0.286. The zero-order chi connectivity index (χ0) is 18.0. The summed E-state index contributed by atoms with van der Waals surface area (Å²) in [5.41, 5.74) is -1.90. The molecule has 0 fully saturated rings. The number of carboxylic acid groups (broad SMARTS) is 4. The van der Waals surface area contributed by atoms with Gasteiger partial charge in [0.15, 0.2) is 5.60 Å². The molecule has 0 amide bonds. The van der Waals surface area contributed by atoms with E-state index in [0.717, 1.165) is 5.56 Å². The molecule has 5 N–H and O–H groups in total. The first kappa shape index (κ1) is 20.1. The van der Waals surface area contributed by atoms with E-state index in [-0.39, 0.29) is 6.42 Å². The molecule has 0 saturated carbocycles. The molecular weight excluding hydrogens is 312 g/mol. The molecule has 0 unspecified atom stereocenters. The molecule has 0 radical (unpaired) electrons. The summed E-state index contributed by atoms with van der Waals surface area (Å²) in [6.45, 7) is 0. The minimum atomic E-state index is -2.74. The first-order chi connectivity index (χ1) is 10.6. The molecule has 0 saturated heterocycles. The van der Waals surface area contributed by atoms with E-state index in [4.69, 9.17) is 25.5 Å². The zero-order valence-electron chi connectivity index (χ0n) is 11.9. The first-order valence-corrected chi connectivity index (χ1v) is 6.22. The predicted molar refractivity (Wildman–Crippen MR) is 74.9 cm³/mol. The Kier molecular flexibility index (Phi) is 7.98. The third-order valence-electron chi connectivity index (χ3n) is 2.48. The Balaban J connectivity index is 0.000000433. The highest BCUT2D eigenvalue weighted by Gasteiger charge is 2.40. The number of aliphatic carboxylic acids is 4. The Hall–Kier alpha value is -2.94. The van der Waals surface area contributed by atoms with Crippen LogP contribution in [-0.2, 0) is 25.6 Å². The van der Waals surface area contributed by atoms with Gasteiger partial charge in [0.25, 0.3) is 0 Å². The number of hydrogen-bond donors (Lipinski definition) is 5. The summed E-state index contributed by atoms with van der Waals surface area (Å²) in [5, 5.41) is 42.2. The van der Waals surface area contributed by atoms with Gasteiger partial charge >= 0.3 is 23.9 Å². The second-order valence-electron chi connectivity index (χ2n) is 4.53. The van der Waals surface area contributed by atoms with E-state index in [0.29, 0.717) is 0 Å². The quantitative estimate of drug-likeness (QED) is 0.464. The van der Waals surface area contributed by atoms with Crippen LogP contribution in [0.15, 0.2) is 30.3 Å². The monoisotopic (exact) mass is 328 g/mol. The van der Waals surface area contributed by atoms with Gasteiger partial charge in [-0.05, 0) is 5.56 Å². The van der Waals surface area contributed by atoms with Gasteiger partial charge in [0.05, 0.1) is 19.3 Å². The van der Waals surface area contributed by atoms with E-state index in [1.165, 1.54) is 0 Å². The molecule has 0 heterocycles. The van der Waals surface area contributed by atoms with Crippen LogP contribution < -0.4 is 0 Å². The summed E-state index contributed by atoms with van der Waals surface area (Å²) in [5.74, 6) is -5.80. The Morgan fingerprint density at radius 1 is 0.783 bits per heavy atom. The summed E-state index contributed by atoms with van der Waals surface area (Å²) in [6.07, 6.45) is -2.18. The van der Waals surface area contributed by atoms with Crippen LogP contribution in [0, 0.1) is 0 Å². The zero-order valence-corrected chi connectivity index (χ0v) is 11.9. The molecule has 0 aliphatic carbocycles. The number of hydrogen-bond acceptors (Lipinski definition) is 5. The Morgan fingerprint density at radius 3 is 1.52 bits per heavy atom. The molecule has 126 valence electrons. The van der Waals surface area contributed by atoms with Crippen LogP contribution in [0.1, 0.15) is 18.4 Å². The molecule has 1 aromatic carbocycles. The molecule has 1 aromatic rings. The highest BCUT2D eigenvalue weighted by atomic mass is 16.4. The minimum absolute atomic E-state index is 0.112. The number of aliphatic hydroxyl groups is 1. The third kappa shape index (κ3) is 8.83. The second kappa shape index (κ2) is 9.15. The Bertz CT molecular complexity index is 549. The summed E-state index contributed by atoms with van der Waals surface area (Å²) in [6, 6.07) is 9.13. The fourth-order valence-corrected chi connectivity index (χ4v) is 1.48. The smallest absolute Gasteiger partial charge is 0.336 e. The maximum atomic E-state index is 10.3. The summed E-state index contributed by atoms with van der Waals surface area (Å²) < 4.78 is 0. The van der Waals surface area contributed by atoms with Crippen LogP contribution in [0.4, 0.5) is 0 Å². The standard InChI is InChI=1S/C8H8O2.C6H8O7/c9-8(10)6-7-4-2-1-3-5-7;7-3(8)1-6(13,5(11)12)2-4(9)10/h1-5H,6H2,(H,9,10);13H,1-2H2,(H,7,8)(H,9,10)(H,11,12). The van der Waals surface area contributed by atoms with Gasteiger partial charge in [-0.25, -0.2) is 4.79 Å². The highest BCUT2D eigenvalue weighted by molar-refractivity contribution is 5.88. The van der Waals surface area contributed by atoms with Crippen molar-refractivity contribution in [2.24, 2.45) is 0 Å². The number of carbonyl (C=O) groups is 4. The van der Waals surface area contributed by atoms with Gasteiger partial charge in [0.2, 0.25) is 0 Å².